The summed E-state index contributed by atoms with van der Waals surface area (Å²) in [5.74, 6) is 0.927. The third-order valence-electron chi connectivity index (χ3n) is 3.71. The fraction of sp³-hybridized carbons (Fsp3) is 0.500. The zero-order valence-electron chi connectivity index (χ0n) is 10.9. The highest BCUT2D eigenvalue weighted by Gasteiger charge is 2.29. The fourth-order valence-corrected chi connectivity index (χ4v) is 2.59. The lowest BCUT2D eigenvalue weighted by Crippen LogP contribution is -2.53. The Balaban J connectivity index is 1.52. The molecule has 2 aliphatic rings. The summed E-state index contributed by atoms with van der Waals surface area (Å²) >= 11 is 0. The van der Waals surface area contributed by atoms with E-state index in [0.29, 0.717) is 6.42 Å². The number of nitrogens with one attached hydrogen (secondary N) is 1. The summed E-state index contributed by atoms with van der Waals surface area (Å²) in [5.41, 5.74) is 1.07. The van der Waals surface area contributed by atoms with E-state index < -0.39 is 0 Å². The van der Waals surface area contributed by atoms with Crippen molar-refractivity contribution >= 4 is 12.0 Å². The van der Waals surface area contributed by atoms with Gasteiger partial charge in [0, 0.05) is 39.1 Å². The molecule has 3 rings (SSSR count). The lowest BCUT2D eigenvalue weighted by Gasteiger charge is -2.36. The van der Waals surface area contributed by atoms with E-state index in [9.17, 15) is 4.79 Å². The number of ether oxygens (including phenoxy) is 1. The summed E-state index contributed by atoms with van der Waals surface area (Å²) in [5, 5.41) is 3.39. The zero-order chi connectivity index (χ0) is 13.1. The third-order valence-corrected chi connectivity index (χ3v) is 3.71. The molecule has 19 heavy (non-hydrogen) atoms. The van der Waals surface area contributed by atoms with Gasteiger partial charge in [-0.25, -0.2) is 4.90 Å². The largest absolute Gasteiger partial charge is 0.455 e. The molecule has 1 atom stereocenters. The molecule has 0 radical (unpaired) electrons. The minimum atomic E-state index is -0.0504. The van der Waals surface area contributed by atoms with Gasteiger partial charge in [-0.1, -0.05) is 12.1 Å². The van der Waals surface area contributed by atoms with Crippen LogP contribution in [-0.2, 0) is 4.79 Å². The van der Waals surface area contributed by atoms with E-state index in [1.807, 2.05) is 24.3 Å². The van der Waals surface area contributed by atoms with Crippen LogP contribution in [-0.4, -0.2) is 55.2 Å². The van der Waals surface area contributed by atoms with Gasteiger partial charge >= 0.3 is 0 Å². The number of carbonyl (C=O) groups excluding carboxylic acids is 1. The van der Waals surface area contributed by atoms with Crippen molar-refractivity contribution in [2.75, 3.05) is 38.0 Å². The molecule has 1 saturated heterocycles. The average Bonchev–Trinajstić information content (AvgIpc) is 2.89. The van der Waals surface area contributed by atoms with E-state index in [4.69, 9.17) is 4.74 Å². The van der Waals surface area contributed by atoms with E-state index in [-0.39, 0.29) is 6.35 Å². The zero-order valence-corrected chi connectivity index (χ0v) is 10.9. The topological polar surface area (TPSA) is 44.8 Å². The van der Waals surface area contributed by atoms with E-state index in [2.05, 4.69) is 15.1 Å². The summed E-state index contributed by atoms with van der Waals surface area (Å²) in [4.78, 5) is 15.0. The highest BCUT2D eigenvalue weighted by molar-refractivity contribution is 5.59. The first kappa shape index (κ1) is 12.4. The molecule has 1 aromatic rings. The lowest BCUT2D eigenvalue weighted by molar-refractivity contribution is -0.108. The molecule has 1 aromatic carbocycles. The number of nitrogens with zero attached hydrogens (tertiary/aromatic N) is 2. The normalized spacial score (nSPS) is 23.5. The second-order valence-corrected chi connectivity index (χ2v) is 4.94. The van der Waals surface area contributed by atoms with Crippen LogP contribution >= 0.6 is 0 Å². The fourth-order valence-electron chi connectivity index (χ4n) is 2.59. The number of piperazine rings is 1. The predicted molar refractivity (Wildman–Crippen MR) is 73.2 cm³/mol. The first-order valence-electron chi connectivity index (χ1n) is 6.79. The van der Waals surface area contributed by atoms with Crippen molar-refractivity contribution in [2.24, 2.45) is 0 Å². The molecule has 102 valence electrons. The second kappa shape index (κ2) is 5.59. The van der Waals surface area contributed by atoms with Gasteiger partial charge in [0.2, 0.25) is 6.35 Å². The van der Waals surface area contributed by atoms with Gasteiger partial charge < -0.3 is 19.7 Å². The minimum Gasteiger partial charge on any atom is -0.455 e. The number of hydrogen-bond acceptors (Lipinski definition) is 5. The van der Waals surface area contributed by atoms with Crippen molar-refractivity contribution in [1.82, 2.24) is 9.80 Å². The maximum atomic E-state index is 10.4. The lowest BCUT2D eigenvalue weighted by atomic mass is 10.3. The summed E-state index contributed by atoms with van der Waals surface area (Å²) in [6.45, 7) is 4.78. The van der Waals surface area contributed by atoms with Gasteiger partial charge in [0.15, 0.2) is 0 Å². The molecule has 0 aromatic heterocycles. The Morgan fingerprint density at radius 1 is 1.26 bits per heavy atom. The first-order valence-corrected chi connectivity index (χ1v) is 6.79. The molecule has 1 unspecified atom stereocenters. The smallest absolute Gasteiger partial charge is 0.230 e. The van der Waals surface area contributed by atoms with Crippen molar-refractivity contribution in [1.29, 1.82) is 0 Å². The van der Waals surface area contributed by atoms with Crippen LogP contribution in [0.4, 0.5) is 5.69 Å². The molecule has 0 saturated carbocycles. The number of fused-ring (bicyclic) bond motifs is 1. The Morgan fingerprint density at radius 2 is 2.05 bits per heavy atom. The first-order chi connectivity index (χ1) is 9.36. The van der Waals surface area contributed by atoms with Crippen LogP contribution in [0.2, 0.25) is 0 Å². The minimum absolute atomic E-state index is 0.0504. The van der Waals surface area contributed by atoms with Crippen LogP contribution < -0.4 is 10.1 Å². The van der Waals surface area contributed by atoms with Crippen molar-refractivity contribution in [2.45, 2.75) is 12.8 Å². The molecule has 0 bridgehead atoms. The summed E-state index contributed by atoms with van der Waals surface area (Å²) < 4.78 is 5.90. The van der Waals surface area contributed by atoms with Crippen LogP contribution in [0.15, 0.2) is 24.3 Å². The Hall–Kier alpha value is -1.59. The monoisotopic (exact) mass is 261 g/mol. The molecule has 2 aliphatic heterocycles. The van der Waals surface area contributed by atoms with Gasteiger partial charge in [-0.05, 0) is 12.1 Å². The van der Waals surface area contributed by atoms with Crippen LogP contribution in [0, 0.1) is 0 Å². The number of hydrogen-bond donors (Lipinski definition) is 1. The van der Waals surface area contributed by atoms with Crippen molar-refractivity contribution in [3.63, 3.8) is 0 Å². The molecular weight excluding hydrogens is 242 g/mol. The molecule has 1 fully saturated rings. The van der Waals surface area contributed by atoms with Gasteiger partial charge in [0.1, 0.15) is 12.0 Å². The number of anilines is 1. The van der Waals surface area contributed by atoms with Crippen molar-refractivity contribution in [3.8, 4) is 5.75 Å². The van der Waals surface area contributed by atoms with Crippen molar-refractivity contribution in [3.05, 3.63) is 24.3 Å². The summed E-state index contributed by atoms with van der Waals surface area (Å²) in [7, 11) is 0. The van der Waals surface area contributed by atoms with Crippen molar-refractivity contribution < 1.29 is 9.53 Å². The molecular formula is C14H19N3O2. The highest BCUT2D eigenvalue weighted by atomic mass is 16.5. The number of benzene rings is 1. The third kappa shape index (κ3) is 2.72. The van der Waals surface area contributed by atoms with Gasteiger partial charge in [-0.2, -0.15) is 0 Å². The molecule has 0 amide bonds. The van der Waals surface area contributed by atoms with Gasteiger partial charge in [-0.3, -0.25) is 0 Å². The molecule has 2 heterocycles. The van der Waals surface area contributed by atoms with E-state index in [1.54, 1.807) is 0 Å². The Morgan fingerprint density at radius 3 is 2.79 bits per heavy atom. The van der Waals surface area contributed by atoms with Crippen LogP contribution in [0.1, 0.15) is 6.42 Å². The van der Waals surface area contributed by atoms with E-state index in [1.165, 1.54) is 0 Å². The number of aldehydes is 1. The average molecular weight is 261 g/mol. The summed E-state index contributed by atoms with van der Waals surface area (Å²) in [6.07, 6.45) is 1.57. The Labute approximate surface area is 113 Å². The van der Waals surface area contributed by atoms with Crippen LogP contribution in [0.25, 0.3) is 0 Å². The molecule has 5 nitrogen and oxygen atoms in total. The molecule has 1 N–H and O–H groups in total. The summed E-state index contributed by atoms with van der Waals surface area (Å²) in [6, 6.07) is 8.02. The van der Waals surface area contributed by atoms with Gasteiger partial charge in [0.25, 0.3) is 0 Å². The molecule has 5 heteroatoms. The number of rotatable bonds is 4. The van der Waals surface area contributed by atoms with Gasteiger partial charge in [-0.15, -0.1) is 0 Å². The SMILES string of the molecule is O=CCCN1CCN(C2Nc3ccccc3O2)CC1. The maximum absolute atomic E-state index is 10.4. The van der Waals surface area contributed by atoms with E-state index >= 15 is 0 Å². The molecule has 0 aliphatic carbocycles. The molecule has 0 spiro atoms. The van der Waals surface area contributed by atoms with Crippen LogP contribution in [0.5, 0.6) is 5.75 Å². The standard InChI is InChI=1S/C14H19N3O2/c18-11-3-6-16-7-9-17(10-8-16)14-15-12-4-1-2-5-13(12)19-14/h1-2,4-5,11,14-15H,3,6-10H2. The number of carbonyl (C=O) groups is 1. The Kier molecular flexibility index (Phi) is 3.66. The van der Waals surface area contributed by atoms with Gasteiger partial charge in [0.05, 0.1) is 5.69 Å². The van der Waals surface area contributed by atoms with Crippen LogP contribution in [0.3, 0.4) is 0 Å². The second-order valence-electron chi connectivity index (χ2n) is 4.94. The predicted octanol–water partition coefficient (Wildman–Crippen LogP) is 0.981. The highest BCUT2D eigenvalue weighted by Crippen LogP contribution is 2.32. The number of para-hydroxylation sites is 2. The van der Waals surface area contributed by atoms with E-state index in [0.717, 1.165) is 50.4 Å². The Bertz CT molecular complexity index is 419. The maximum Gasteiger partial charge on any atom is 0.230 e. The quantitative estimate of drug-likeness (QED) is 0.819.